The zero-order valence-electron chi connectivity index (χ0n) is 12.0. The van der Waals surface area contributed by atoms with Crippen molar-refractivity contribution in [3.63, 3.8) is 0 Å². The van der Waals surface area contributed by atoms with Crippen LogP contribution in [0.2, 0.25) is 0 Å². The molecule has 1 saturated heterocycles. The number of nitrogens with two attached hydrogens (primary N) is 1. The van der Waals surface area contributed by atoms with Gasteiger partial charge in [0.2, 0.25) is 5.89 Å². The average Bonchev–Trinajstić information content (AvgIpc) is 3.16. The van der Waals surface area contributed by atoms with Gasteiger partial charge < -0.3 is 15.2 Å². The summed E-state index contributed by atoms with van der Waals surface area (Å²) < 4.78 is 19.5. The zero-order valence-corrected chi connectivity index (χ0v) is 12.0. The van der Waals surface area contributed by atoms with Crippen LogP contribution >= 0.6 is 0 Å². The number of hydrogen-bond acceptors (Lipinski definition) is 7. The van der Waals surface area contributed by atoms with Crippen molar-refractivity contribution < 1.29 is 13.7 Å². The minimum atomic E-state index is -0.763. The van der Waals surface area contributed by atoms with E-state index in [-0.39, 0.29) is 23.6 Å². The minimum Gasteiger partial charge on any atom is -0.363 e. The van der Waals surface area contributed by atoms with E-state index in [0.717, 1.165) is 6.42 Å². The van der Waals surface area contributed by atoms with E-state index in [1.807, 2.05) is 6.92 Å². The Hall–Kier alpha value is -2.58. The molecule has 1 aliphatic rings. The molecule has 0 aliphatic carbocycles. The second-order valence-electron chi connectivity index (χ2n) is 4.98. The highest BCUT2D eigenvalue weighted by atomic mass is 19.1. The summed E-state index contributed by atoms with van der Waals surface area (Å²) in [6.45, 7) is 2.43. The van der Waals surface area contributed by atoms with Crippen molar-refractivity contribution in [2.24, 2.45) is 5.73 Å². The van der Waals surface area contributed by atoms with Crippen molar-refractivity contribution >= 4 is 11.7 Å². The van der Waals surface area contributed by atoms with E-state index in [1.54, 1.807) is 4.90 Å². The standard InChI is InChI=1S/C13H15FN6O2/c1-2-7-9(14)12(17-6-16-7)20-5-3-4-8(20)13-18-11(10(15)21)19-22-13/h6,8H,2-5H2,1H3,(H2,15,21)/t8-/m0/s1. The molecule has 0 aromatic carbocycles. The third-order valence-electron chi connectivity index (χ3n) is 3.65. The molecule has 116 valence electrons. The van der Waals surface area contributed by atoms with Gasteiger partial charge in [-0.05, 0) is 19.3 Å². The number of primary amides is 1. The second-order valence-corrected chi connectivity index (χ2v) is 4.98. The molecule has 0 unspecified atom stereocenters. The van der Waals surface area contributed by atoms with Crippen LogP contribution in [0.3, 0.4) is 0 Å². The molecule has 1 aliphatic heterocycles. The lowest BCUT2D eigenvalue weighted by atomic mass is 10.2. The van der Waals surface area contributed by atoms with Crippen molar-refractivity contribution in [1.82, 2.24) is 20.1 Å². The van der Waals surface area contributed by atoms with Crippen LogP contribution in [0.1, 0.15) is 48.0 Å². The summed E-state index contributed by atoms with van der Waals surface area (Å²) in [6.07, 6.45) is 3.34. The molecule has 3 rings (SSSR count). The lowest BCUT2D eigenvalue weighted by Crippen LogP contribution is -2.26. The van der Waals surface area contributed by atoms with Gasteiger partial charge in [0.05, 0.1) is 5.69 Å². The third kappa shape index (κ3) is 2.38. The molecule has 0 spiro atoms. The predicted octanol–water partition coefficient (Wildman–Crippen LogP) is 1.00. The summed E-state index contributed by atoms with van der Waals surface area (Å²) in [5.74, 6) is -0.928. The molecule has 2 aromatic rings. The molecule has 1 atom stereocenters. The number of amides is 1. The fourth-order valence-corrected chi connectivity index (χ4v) is 2.59. The van der Waals surface area contributed by atoms with Crippen LogP contribution in [0.5, 0.6) is 0 Å². The predicted molar refractivity (Wildman–Crippen MR) is 73.5 cm³/mol. The minimum absolute atomic E-state index is 0.181. The number of aryl methyl sites for hydroxylation is 1. The summed E-state index contributed by atoms with van der Waals surface area (Å²) >= 11 is 0. The van der Waals surface area contributed by atoms with Gasteiger partial charge in [-0.25, -0.2) is 14.4 Å². The van der Waals surface area contributed by atoms with Gasteiger partial charge in [0, 0.05) is 6.54 Å². The summed E-state index contributed by atoms with van der Waals surface area (Å²) in [6, 6.07) is -0.324. The number of carbonyl (C=O) groups excluding carboxylic acids is 1. The second kappa shape index (κ2) is 5.66. The van der Waals surface area contributed by atoms with E-state index in [2.05, 4.69) is 20.1 Å². The first-order valence-corrected chi connectivity index (χ1v) is 7.01. The molecular weight excluding hydrogens is 291 g/mol. The van der Waals surface area contributed by atoms with Gasteiger partial charge in [-0.15, -0.1) is 0 Å². The Labute approximate surface area is 125 Å². The maximum absolute atomic E-state index is 14.4. The summed E-state index contributed by atoms with van der Waals surface area (Å²) in [7, 11) is 0. The maximum atomic E-state index is 14.4. The number of nitrogens with zero attached hydrogens (tertiary/aromatic N) is 5. The van der Waals surface area contributed by atoms with Crippen LogP contribution in [-0.4, -0.2) is 32.6 Å². The van der Waals surface area contributed by atoms with Crippen LogP contribution in [0.25, 0.3) is 0 Å². The van der Waals surface area contributed by atoms with E-state index in [9.17, 15) is 9.18 Å². The quantitative estimate of drug-likeness (QED) is 0.896. The highest BCUT2D eigenvalue weighted by Crippen LogP contribution is 2.35. The van der Waals surface area contributed by atoms with E-state index in [1.165, 1.54) is 6.33 Å². The Balaban J connectivity index is 1.94. The van der Waals surface area contributed by atoms with Gasteiger partial charge in [0.1, 0.15) is 12.4 Å². The van der Waals surface area contributed by atoms with Crippen LogP contribution < -0.4 is 10.6 Å². The maximum Gasteiger partial charge on any atom is 0.290 e. The first-order valence-electron chi connectivity index (χ1n) is 7.01. The van der Waals surface area contributed by atoms with Gasteiger partial charge in [-0.2, -0.15) is 4.98 Å². The molecule has 0 saturated carbocycles. The van der Waals surface area contributed by atoms with Gasteiger partial charge in [0.15, 0.2) is 11.6 Å². The molecule has 1 amide bonds. The van der Waals surface area contributed by atoms with Gasteiger partial charge in [-0.1, -0.05) is 12.1 Å². The molecule has 9 heteroatoms. The lowest BCUT2D eigenvalue weighted by Gasteiger charge is -2.23. The summed E-state index contributed by atoms with van der Waals surface area (Å²) in [4.78, 5) is 24.8. The Morgan fingerprint density at radius 3 is 3.05 bits per heavy atom. The SMILES string of the molecule is CCc1ncnc(N2CCC[C@H]2c2nc(C(N)=O)no2)c1F. The topological polar surface area (TPSA) is 111 Å². The van der Waals surface area contributed by atoms with E-state index >= 15 is 0 Å². The molecule has 2 aromatic heterocycles. The molecular formula is C13H15FN6O2. The van der Waals surface area contributed by atoms with E-state index < -0.39 is 11.7 Å². The molecule has 2 N–H and O–H groups in total. The summed E-state index contributed by atoms with van der Waals surface area (Å²) in [5, 5.41) is 3.53. The van der Waals surface area contributed by atoms with E-state index in [4.69, 9.17) is 10.3 Å². The molecule has 8 nitrogen and oxygen atoms in total. The molecule has 22 heavy (non-hydrogen) atoms. The number of rotatable bonds is 4. The number of halogens is 1. The number of hydrogen-bond donors (Lipinski definition) is 1. The van der Waals surface area contributed by atoms with Crippen molar-refractivity contribution in [1.29, 1.82) is 0 Å². The van der Waals surface area contributed by atoms with Gasteiger partial charge in [0.25, 0.3) is 11.7 Å². The Morgan fingerprint density at radius 2 is 2.36 bits per heavy atom. The average molecular weight is 306 g/mol. The van der Waals surface area contributed by atoms with Crippen LogP contribution in [0.15, 0.2) is 10.9 Å². The van der Waals surface area contributed by atoms with Crippen LogP contribution in [0.4, 0.5) is 10.2 Å². The lowest BCUT2D eigenvalue weighted by molar-refractivity contribution is 0.0987. The van der Waals surface area contributed by atoms with Crippen molar-refractivity contribution in [2.45, 2.75) is 32.2 Å². The normalized spacial score (nSPS) is 17.9. The Morgan fingerprint density at radius 1 is 1.55 bits per heavy atom. The smallest absolute Gasteiger partial charge is 0.290 e. The third-order valence-corrected chi connectivity index (χ3v) is 3.65. The van der Waals surface area contributed by atoms with Crippen molar-refractivity contribution in [3.8, 4) is 0 Å². The molecule has 3 heterocycles. The van der Waals surface area contributed by atoms with Gasteiger partial charge in [-0.3, -0.25) is 4.79 Å². The first kappa shape index (κ1) is 14.4. The zero-order chi connectivity index (χ0) is 15.7. The largest absolute Gasteiger partial charge is 0.363 e. The fourth-order valence-electron chi connectivity index (χ4n) is 2.59. The van der Waals surface area contributed by atoms with Gasteiger partial charge >= 0.3 is 0 Å². The monoisotopic (exact) mass is 306 g/mol. The van der Waals surface area contributed by atoms with E-state index in [0.29, 0.717) is 25.1 Å². The number of aromatic nitrogens is 4. The molecule has 0 bridgehead atoms. The van der Waals surface area contributed by atoms with Crippen molar-refractivity contribution in [3.05, 3.63) is 29.6 Å². The molecule has 0 radical (unpaired) electrons. The fraction of sp³-hybridized carbons (Fsp3) is 0.462. The summed E-state index contributed by atoms with van der Waals surface area (Å²) in [5.41, 5.74) is 5.48. The highest BCUT2D eigenvalue weighted by molar-refractivity contribution is 5.88. The Kier molecular flexibility index (Phi) is 3.70. The van der Waals surface area contributed by atoms with Crippen LogP contribution in [0, 0.1) is 5.82 Å². The first-order chi connectivity index (χ1) is 10.6. The number of anilines is 1. The highest BCUT2D eigenvalue weighted by Gasteiger charge is 2.34. The molecule has 1 fully saturated rings. The Bertz CT molecular complexity index is 704. The van der Waals surface area contributed by atoms with Crippen LogP contribution in [-0.2, 0) is 6.42 Å². The van der Waals surface area contributed by atoms with Crippen molar-refractivity contribution in [2.75, 3.05) is 11.4 Å². The number of carbonyl (C=O) groups is 1.